The van der Waals surface area contributed by atoms with Crippen LogP contribution in [0.15, 0.2) is 113 Å². The number of carbonyl (C=O) groups is 2. The lowest BCUT2D eigenvalue weighted by atomic mass is 10.1. The van der Waals surface area contributed by atoms with Crippen molar-refractivity contribution in [3.63, 3.8) is 0 Å². The van der Waals surface area contributed by atoms with Gasteiger partial charge in [0.05, 0.1) is 15.4 Å². The maximum absolute atomic E-state index is 12.7. The lowest BCUT2D eigenvalue weighted by Gasteiger charge is -2.09. The molecule has 0 radical (unpaired) electrons. The first-order valence-corrected chi connectivity index (χ1v) is 12.4. The van der Waals surface area contributed by atoms with Gasteiger partial charge < -0.3 is 10.1 Å². The van der Waals surface area contributed by atoms with Gasteiger partial charge in [0.2, 0.25) is 9.84 Å². The van der Waals surface area contributed by atoms with E-state index in [2.05, 4.69) is 5.32 Å². The third-order valence-corrected chi connectivity index (χ3v) is 7.13. The molecule has 0 fully saturated rings. The monoisotopic (exact) mass is 485 g/mol. The molecule has 4 rings (SSSR count). The molecule has 0 heterocycles. The molecule has 176 valence electrons. The number of carbonyl (C=O) groups excluding carboxylic acids is 2. The van der Waals surface area contributed by atoms with Crippen LogP contribution in [0.4, 0.5) is 5.69 Å². The summed E-state index contributed by atoms with van der Waals surface area (Å²) >= 11 is 0. The fourth-order valence-corrected chi connectivity index (χ4v) is 4.61. The number of anilines is 1. The van der Waals surface area contributed by atoms with Crippen molar-refractivity contribution in [3.8, 4) is 0 Å². The van der Waals surface area contributed by atoms with Gasteiger partial charge in [-0.25, -0.2) is 13.2 Å². The summed E-state index contributed by atoms with van der Waals surface area (Å²) < 4.78 is 30.7. The minimum atomic E-state index is -3.60. The maximum Gasteiger partial charge on any atom is 0.338 e. The molecule has 6 nitrogen and oxygen atoms in total. The van der Waals surface area contributed by atoms with E-state index in [-0.39, 0.29) is 22.3 Å². The van der Waals surface area contributed by atoms with E-state index in [1.54, 1.807) is 78.9 Å². The SMILES string of the molecule is Cc1ccc(C(=O)Nc2ccc(C(=O)OCc3ccc(S(=O)(=O)c4ccccc4)cc3)cc2)cc1. The molecule has 35 heavy (non-hydrogen) atoms. The molecule has 0 aliphatic heterocycles. The third-order valence-electron chi connectivity index (χ3n) is 5.35. The van der Waals surface area contributed by atoms with Gasteiger partial charge in [-0.1, -0.05) is 48.0 Å². The molecule has 4 aromatic rings. The average molecular weight is 486 g/mol. The Labute approximate surface area is 204 Å². The van der Waals surface area contributed by atoms with Gasteiger partial charge in [0.1, 0.15) is 6.61 Å². The second-order valence-electron chi connectivity index (χ2n) is 7.93. The van der Waals surface area contributed by atoms with E-state index >= 15 is 0 Å². The molecule has 7 heteroatoms. The smallest absolute Gasteiger partial charge is 0.338 e. The minimum absolute atomic E-state index is 0.00356. The Morgan fingerprint density at radius 2 is 1.29 bits per heavy atom. The summed E-state index contributed by atoms with van der Waals surface area (Å²) in [6, 6.07) is 28.1. The maximum atomic E-state index is 12.7. The first kappa shape index (κ1) is 23.9. The number of rotatable bonds is 7. The van der Waals surface area contributed by atoms with Crippen LogP contribution in [0.5, 0.6) is 0 Å². The highest BCUT2D eigenvalue weighted by molar-refractivity contribution is 7.91. The Balaban J connectivity index is 1.34. The fourth-order valence-electron chi connectivity index (χ4n) is 3.33. The van der Waals surface area contributed by atoms with Gasteiger partial charge in [-0.05, 0) is 73.2 Å². The number of sulfone groups is 1. The quantitative estimate of drug-likeness (QED) is 0.352. The van der Waals surface area contributed by atoms with Crippen molar-refractivity contribution >= 4 is 27.4 Å². The Morgan fingerprint density at radius 1 is 0.714 bits per heavy atom. The highest BCUT2D eigenvalue weighted by Gasteiger charge is 2.17. The molecule has 0 unspecified atom stereocenters. The van der Waals surface area contributed by atoms with Gasteiger partial charge in [-0.3, -0.25) is 4.79 Å². The number of esters is 1. The highest BCUT2D eigenvalue weighted by Crippen LogP contribution is 2.21. The summed E-state index contributed by atoms with van der Waals surface area (Å²) in [5.41, 5.74) is 3.16. The number of hydrogen-bond donors (Lipinski definition) is 1. The van der Waals surface area contributed by atoms with Crippen LogP contribution < -0.4 is 5.32 Å². The van der Waals surface area contributed by atoms with Gasteiger partial charge in [0.15, 0.2) is 0 Å². The molecule has 1 N–H and O–H groups in total. The zero-order valence-electron chi connectivity index (χ0n) is 19.0. The topological polar surface area (TPSA) is 89.5 Å². The van der Waals surface area contributed by atoms with Crippen molar-refractivity contribution in [2.45, 2.75) is 23.3 Å². The van der Waals surface area contributed by atoms with Crippen molar-refractivity contribution in [3.05, 3.63) is 125 Å². The van der Waals surface area contributed by atoms with E-state index in [9.17, 15) is 18.0 Å². The Bertz CT molecular complexity index is 1430. The molecule has 1 amide bonds. The van der Waals surface area contributed by atoms with E-state index in [0.29, 0.717) is 22.4 Å². The Hall–Kier alpha value is -4.23. The zero-order chi connectivity index (χ0) is 24.8. The summed E-state index contributed by atoms with van der Waals surface area (Å²) in [5, 5.41) is 2.79. The molecular weight excluding hydrogens is 462 g/mol. The number of aryl methyl sites for hydroxylation is 1. The van der Waals surface area contributed by atoms with E-state index in [0.717, 1.165) is 5.56 Å². The average Bonchev–Trinajstić information content (AvgIpc) is 2.89. The largest absolute Gasteiger partial charge is 0.457 e. The normalized spacial score (nSPS) is 11.0. The fraction of sp³-hybridized carbons (Fsp3) is 0.0714. The van der Waals surface area contributed by atoms with Crippen molar-refractivity contribution < 1.29 is 22.7 Å². The van der Waals surface area contributed by atoms with Gasteiger partial charge in [0, 0.05) is 11.3 Å². The summed E-state index contributed by atoms with van der Waals surface area (Å²) in [6.45, 7) is 1.95. The molecular formula is C28H23NO5S. The molecule has 0 saturated carbocycles. The number of ether oxygens (including phenoxy) is 1. The second kappa shape index (κ2) is 10.4. The summed E-state index contributed by atoms with van der Waals surface area (Å²) in [7, 11) is -3.60. The Kier molecular flexibility index (Phi) is 7.08. The molecule has 0 aliphatic carbocycles. The molecule has 0 aliphatic rings. The number of nitrogens with one attached hydrogen (secondary N) is 1. The predicted octanol–water partition coefficient (Wildman–Crippen LogP) is 5.44. The molecule has 0 aromatic heterocycles. The van der Waals surface area contributed by atoms with Crippen molar-refractivity contribution in [1.29, 1.82) is 0 Å². The molecule has 4 aromatic carbocycles. The summed E-state index contributed by atoms with van der Waals surface area (Å²) in [5.74, 6) is -0.763. The number of amides is 1. The van der Waals surface area contributed by atoms with E-state index in [1.165, 1.54) is 12.1 Å². The molecule has 0 bridgehead atoms. The minimum Gasteiger partial charge on any atom is -0.457 e. The highest BCUT2D eigenvalue weighted by atomic mass is 32.2. The van der Waals surface area contributed by atoms with Crippen LogP contribution in [-0.4, -0.2) is 20.3 Å². The van der Waals surface area contributed by atoms with Crippen molar-refractivity contribution in [1.82, 2.24) is 0 Å². The first-order chi connectivity index (χ1) is 16.8. The van der Waals surface area contributed by atoms with Crippen LogP contribution in [0.1, 0.15) is 31.8 Å². The van der Waals surface area contributed by atoms with E-state index < -0.39 is 15.8 Å². The van der Waals surface area contributed by atoms with E-state index in [1.807, 2.05) is 19.1 Å². The number of hydrogen-bond acceptors (Lipinski definition) is 5. The van der Waals surface area contributed by atoms with Crippen LogP contribution in [-0.2, 0) is 21.2 Å². The lowest BCUT2D eigenvalue weighted by Crippen LogP contribution is -2.12. The van der Waals surface area contributed by atoms with Gasteiger partial charge in [-0.2, -0.15) is 0 Å². The standard InChI is InChI=1S/C28H23NO5S/c1-20-7-11-22(12-8-20)27(30)29-24-15-13-23(14-16-24)28(31)34-19-21-9-17-26(18-10-21)35(32,33)25-5-3-2-4-6-25/h2-18H,19H2,1H3,(H,29,30). The molecule has 0 saturated heterocycles. The third kappa shape index (κ3) is 5.83. The Morgan fingerprint density at radius 3 is 1.91 bits per heavy atom. The van der Waals surface area contributed by atoms with Gasteiger partial charge in [0.25, 0.3) is 5.91 Å². The summed E-state index contributed by atoms with van der Waals surface area (Å²) in [4.78, 5) is 25.1. The van der Waals surface area contributed by atoms with Crippen molar-refractivity contribution in [2.24, 2.45) is 0 Å². The van der Waals surface area contributed by atoms with Crippen LogP contribution in [0.3, 0.4) is 0 Å². The van der Waals surface area contributed by atoms with Crippen molar-refractivity contribution in [2.75, 3.05) is 5.32 Å². The predicted molar refractivity (Wildman–Crippen MR) is 133 cm³/mol. The lowest BCUT2D eigenvalue weighted by molar-refractivity contribution is 0.0472. The van der Waals surface area contributed by atoms with Gasteiger partial charge >= 0.3 is 5.97 Å². The zero-order valence-corrected chi connectivity index (χ0v) is 19.8. The van der Waals surface area contributed by atoms with Gasteiger partial charge in [-0.15, -0.1) is 0 Å². The van der Waals surface area contributed by atoms with E-state index in [4.69, 9.17) is 4.74 Å². The molecule has 0 spiro atoms. The van der Waals surface area contributed by atoms with Crippen LogP contribution in [0.25, 0.3) is 0 Å². The number of benzene rings is 4. The first-order valence-electron chi connectivity index (χ1n) is 10.9. The van der Waals surface area contributed by atoms with Crippen LogP contribution in [0.2, 0.25) is 0 Å². The molecule has 0 atom stereocenters. The van der Waals surface area contributed by atoms with Crippen LogP contribution in [0, 0.1) is 6.92 Å². The second-order valence-corrected chi connectivity index (χ2v) is 9.88. The summed E-state index contributed by atoms with van der Waals surface area (Å²) in [6.07, 6.45) is 0. The van der Waals surface area contributed by atoms with Crippen LogP contribution >= 0.6 is 0 Å².